The number of unbranched alkanes of at least 4 members (excludes halogenated alkanes) is 1. The summed E-state index contributed by atoms with van der Waals surface area (Å²) in [6.45, 7) is 6.60. The van der Waals surface area contributed by atoms with Crippen molar-refractivity contribution in [2.75, 3.05) is 13.7 Å². The average molecular weight is 279 g/mol. The predicted molar refractivity (Wildman–Crippen MR) is 81.1 cm³/mol. The van der Waals surface area contributed by atoms with Gasteiger partial charge in [-0.15, -0.1) is 0 Å². The van der Waals surface area contributed by atoms with Gasteiger partial charge in [-0.3, -0.25) is 4.79 Å². The third kappa shape index (κ3) is 8.29. The van der Waals surface area contributed by atoms with Gasteiger partial charge in [0, 0.05) is 6.54 Å². The van der Waals surface area contributed by atoms with Crippen molar-refractivity contribution in [2.45, 2.75) is 33.6 Å². The van der Waals surface area contributed by atoms with Gasteiger partial charge in [0.25, 0.3) is 0 Å². The third-order valence-electron chi connectivity index (χ3n) is 2.65. The van der Waals surface area contributed by atoms with Gasteiger partial charge in [0.2, 0.25) is 5.91 Å². The highest BCUT2D eigenvalue weighted by Crippen LogP contribution is 2.06. The van der Waals surface area contributed by atoms with Crippen molar-refractivity contribution in [2.24, 2.45) is 5.92 Å². The molecule has 1 heterocycles. The summed E-state index contributed by atoms with van der Waals surface area (Å²) in [5, 5.41) is 2.64. The molecule has 0 bridgehead atoms. The second-order valence-corrected chi connectivity index (χ2v) is 4.47. The van der Waals surface area contributed by atoms with Crippen molar-refractivity contribution in [1.29, 1.82) is 0 Å². The quantitative estimate of drug-likeness (QED) is 0.791. The molecule has 20 heavy (non-hydrogen) atoms. The zero-order chi connectivity index (χ0) is 15.4. The molecule has 1 aliphatic rings. The minimum absolute atomic E-state index is 0.0944. The summed E-state index contributed by atoms with van der Waals surface area (Å²) in [5.41, 5.74) is 0.449. The van der Waals surface area contributed by atoms with Gasteiger partial charge >= 0.3 is 5.97 Å². The van der Waals surface area contributed by atoms with Crippen LogP contribution < -0.4 is 5.32 Å². The molecule has 1 N–H and O–H groups in total. The van der Waals surface area contributed by atoms with Crippen LogP contribution in [0, 0.1) is 5.92 Å². The number of ether oxygens (including phenoxy) is 1. The normalized spacial score (nSPS) is 24.1. The number of allylic oxidation sites excluding steroid dienone is 2. The number of nitrogens with one attached hydrogen (secondary N) is 1. The van der Waals surface area contributed by atoms with E-state index in [9.17, 15) is 9.59 Å². The minimum Gasteiger partial charge on any atom is -0.465 e. The van der Waals surface area contributed by atoms with E-state index in [-0.39, 0.29) is 11.8 Å². The monoisotopic (exact) mass is 279 g/mol. The van der Waals surface area contributed by atoms with Gasteiger partial charge in [0.05, 0.1) is 12.7 Å². The molecule has 4 nitrogen and oxygen atoms in total. The van der Waals surface area contributed by atoms with Crippen LogP contribution >= 0.6 is 0 Å². The Bertz CT molecular complexity index is 393. The average Bonchev–Trinajstić information content (AvgIpc) is 2.47. The number of amides is 1. The zero-order valence-corrected chi connectivity index (χ0v) is 12.8. The maximum absolute atomic E-state index is 11.3. The lowest BCUT2D eigenvalue weighted by atomic mass is 10.1. The molecule has 0 aliphatic carbocycles. The second-order valence-electron chi connectivity index (χ2n) is 4.47. The van der Waals surface area contributed by atoms with Gasteiger partial charge < -0.3 is 10.1 Å². The fourth-order valence-electron chi connectivity index (χ4n) is 1.22. The predicted octanol–water partition coefficient (Wildman–Crippen LogP) is 2.77. The van der Waals surface area contributed by atoms with E-state index >= 15 is 0 Å². The van der Waals surface area contributed by atoms with E-state index in [0.29, 0.717) is 12.1 Å². The van der Waals surface area contributed by atoms with Gasteiger partial charge in [-0.25, -0.2) is 4.79 Å². The fourth-order valence-corrected chi connectivity index (χ4v) is 1.22. The Morgan fingerprint density at radius 3 is 2.45 bits per heavy atom. The summed E-state index contributed by atoms with van der Waals surface area (Å²) < 4.78 is 4.63. The van der Waals surface area contributed by atoms with Crippen LogP contribution in [0.2, 0.25) is 0 Å². The molecule has 4 heteroatoms. The van der Waals surface area contributed by atoms with E-state index < -0.39 is 5.97 Å². The number of carbonyl (C=O) groups is 2. The van der Waals surface area contributed by atoms with Crippen LogP contribution in [0.5, 0.6) is 0 Å². The summed E-state index contributed by atoms with van der Waals surface area (Å²) in [4.78, 5) is 22.6. The Labute approximate surface area is 121 Å². The lowest BCUT2D eigenvalue weighted by Gasteiger charge is -2.05. The summed E-state index contributed by atoms with van der Waals surface area (Å²) in [6.07, 6.45) is 11.1. The SMILES string of the molecule is CCCC.COC(=O)C1=C/CNC(=O)/C=C\C(C)/C=C\1. The van der Waals surface area contributed by atoms with Crippen LogP contribution in [-0.2, 0) is 14.3 Å². The lowest BCUT2D eigenvalue weighted by molar-refractivity contribution is -0.135. The molecular formula is C16H25NO3. The molecule has 0 saturated heterocycles. The van der Waals surface area contributed by atoms with Crippen LogP contribution in [0.3, 0.4) is 0 Å². The van der Waals surface area contributed by atoms with E-state index in [1.165, 1.54) is 26.0 Å². The van der Waals surface area contributed by atoms with Gasteiger partial charge in [0.1, 0.15) is 0 Å². The first-order chi connectivity index (χ1) is 9.54. The number of carbonyl (C=O) groups excluding carboxylic acids is 2. The molecule has 1 amide bonds. The topological polar surface area (TPSA) is 55.4 Å². The first kappa shape index (κ1) is 18.2. The molecule has 1 atom stereocenters. The first-order valence-corrected chi connectivity index (χ1v) is 6.97. The highest BCUT2D eigenvalue weighted by atomic mass is 16.5. The summed E-state index contributed by atoms with van der Waals surface area (Å²) >= 11 is 0. The summed E-state index contributed by atoms with van der Waals surface area (Å²) in [7, 11) is 1.33. The molecule has 0 aromatic heterocycles. The van der Waals surface area contributed by atoms with Gasteiger partial charge in [0.15, 0.2) is 0 Å². The lowest BCUT2D eigenvalue weighted by Crippen LogP contribution is -2.22. The molecule has 0 radical (unpaired) electrons. The van der Waals surface area contributed by atoms with E-state index in [2.05, 4.69) is 23.9 Å². The first-order valence-electron chi connectivity index (χ1n) is 6.97. The third-order valence-corrected chi connectivity index (χ3v) is 2.65. The molecule has 1 aliphatic heterocycles. The van der Waals surface area contributed by atoms with E-state index in [0.717, 1.165) is 0 Å². The highest BCUT2D eigenvalue weighted by Gasteiger charge is 2.07. The molecule has 0 aromatic rings. The highest BCUT2D eigenvalue weighted by molar-refractivity contribution is 5.92. The second kappa shape index (κ2) is 11.0. The molecule has 0 saturated carbocycles. The van der Waals surface area contributed by atoms with Crippen LogP contribution in [0.1, 0.15) is 33.6 Å². The maximum atomic E-state index is 11.3. The minimum atomic E-state index is -0.401. The molecular weight excluding hydrogens is 254 g/mol. The Morgan fingerprint density at radius 2 is 1.90 bits per heavy atom. The van der Waals surface area contributed by atoms with Gasteiger partial charge in [-0.05, 0) is 12.0 Å². The Hall–Kier alpha value is -1.84. The number of hydrogen-bond donors (Lipinski definition) is 1. The van der Waals surface area contributed by atoms with Crippen molar-refractivity contribution in [3.63, 3.8) is 0 Å². The van der Waals surface area contributed by atoms with E-state index in [4.69, 9.17) is 0 Å². The summed E-state index contributed by atoms with van der Waals surface area (Å²) in [6, 6.07) is 0. The molecule has 1 unspecified atom stereocenters. The summed E-state index contributed by atoms with van der Waals surface area (Å²) in [5.74, 6) is -0.471. The number of methoxy groups -OCH3 is 1. The molecule has 1 rings (SSSR count). The van der Waals surface area contributed by atoms with E-state index in [1.807, 2.05) is 13.0 Å². The molecule has 0 spiro atoms. The van der Waals surface area contributed by atoms with Gasteiger partial charge in [-0.1, -0.05) is 57.9 Å². The van der Waals surface area contributed by atoms with Crippen LogP contribution in [0.4, 0.5) is 0 Å². The van der Waals surface area contributed by atoms with Crippen LogP contribution in [-0.4, -0.2) is 25.5 Å². The maximum Gasteiger partial charge on any atom is 0.337 e. The standard InChI is InChI=1S/C12H15NO3.C4H10/c1-9-3-5-10(12(15)16-2)7-8-13-11(14)6-4-9;1-3-4-2/h3-7,9H,8H2,1-2H3,(H,13,14);3-4H2,1-2H3/b5-3-,6-4-,10-7+;. The van der Waals surface area contributed by atoms with Gasteiger partial charge in [-0.2, -0.15) is 0 Å². The van der Waals surface area contributed by atoms with Crippen LogP contribution in [0.15, 0.2) is 36.0 Å². The smallest absolute Gasteiger partial charge is 0.337 e. The Morgan fingerprint density at radius 1 is 1.30 bits per heavy atom. The van der Waals surface area contributed by atoms with Crippen LogP contribution in [0.25, 0.3) is 0 Å². The Balaban J connectivity index is 0.000000796. The number of rotatable bonds is 2. The van der Waals surface area contributed by atoms with Crippen molar-refractivity contribution >= 4 is 11.9 Å². The molecule has 0 fully saturated rings. The van der Waals surface area contributed by atoms with Crippen molar-refractivity contribution in [1.82, 2.24) is 5.32 Å². The van der Waals surface area contributed by atoms with Crippen molar-refractivity contribution in [3.8, 4) is 0 Å². The number of hydrogen-bond acceptors (Lipinski definition) is 3. The largest absolute Gasteiger partial charge is 0.465 e. The number of esters is 1. The fraction of sp³-hybridized carbons (Fsp3) is 0.500. The van der Waals surface area contributed by atoms with Crippen molar-refractivity contribution < 1.29 is 14.3 Å². The van der Waals surface area contributed by atoms with E-state index in [1.54, 1.807) is 18.2 Å². The molecule has 0 aromatic carbocycles. The molecule has 112 valence electrons. The van der Waals surface area contributed by atoms with Crippen molar-refractivity contribution in [3.05, 3.63) is 36.0 Å². The zero-order valence-electron chi connectivity index (χ0n) is 12.8. The Kier molecular flexibility index (Phi) is 10.0.